The van der Waals surface area contributed by atoms with Gasteiger partial charge in [-0.1, -0.05) is 6.07 Å². The second-order valence-electron chi connectivity index (χ2n) is 4.96. The van der Waals surface area contributed by atoms with Gasteiger partial charge in [-0.2, -0.15) is 5.26 Å². The van der Waals surface area contributed by atoms with E-state index < -0.39 is 5.97 Å². The zero-order chi connectivity index (χ0) is 17.1. The third-order valence-electron chi connectivity index (χ3n) is 3.33. The summed E-state index contributed by atoms with van der Waals surface area (Å²) in [5.74, 6) is -0.856. The molecule has 1 aromatic heterocycles. The Kier molecular flexibility index (Phi) is 4.37. The number of aryl methyl sites for hydroxylation is 1. The maximum absolute atomic E-state index is 12.0. The second kappa shape index (κ2) is 6.23. The number of nitrogens with zero attached hydrogens (tertiary/aromatic N) is 2. The molecule has 0 spiro atoms. The molecule has 0 radical (unpaired) electrons. The standard InChI is InChI=1S/C16H16N4O3/c1-9-4-5-12(19-10(2)21)6-13(9)20-8-11(7-17)14(18)15(20)16(22)23-3/h4-6,8H,18H2,1-3H3,(H,19,21). The van der Waals surface area contributed by atoms with Crippen LogP contribution in [0.3, 0.4) is 0 Å². The van der Waals surface area contributed by atoms with Crippen LogP contribution in [0.5, 0.6) is 0 Å². The van der Waals surface area contributed by atoms with E-state index in [9.17, 15) is 9.59 Å². The molecule has 0 saturated carbocycles. The molecule has 0 fully saturated rings. The lowest BCUT2D eigenvalue weighted by molar-refractivity contribution is -0.114. The van der Waals surface area contributed by atoms with Crippen LogP contribution in [0.15, 0.2) is 24.4 Å². The number of nitrogens with one attached hydrogen (secondary N) is 1. The van der Waals surface area contributed by atoms with E-state index in [1.165, 1.54) is 24.8 Å². The zero-order valence-corrected chi connectivity index (χ0v) is 13.0. The number of carbonyl (C=O) groups is 2. The van der Waals surface area contributed by atoms with Crippen molar-refractivity contribution in [2.24, 2.45) is 0 Å². The number of benzene rings is 1. The molecule has 1 aromatic carbocycles. The minimum absolute atomic E-state index is 0.0590. The van der Waals surface area contributed by atoms with Crippen LogP contribution in [0.2, 0.25) is 0 Å². The largest absolute Gasteiger partial charge is 0.464 e. The van der Waals surface area contributed by atoms with Crippen molar-refractivity contribution in [2.75, 3.05) is 18.2 Å². The monoisotopic (exact) mass is 312 g/mol. The highest BCUT2D eigenvalue weighted by Crippen LogP contribution is 2.28. The number of methoxy groups -OCH3 is 1. The Morgan fingerprint density at radius 3 is 2.65 bits per heavy atom. The summed E-state index contributed by atoms with van der Waals surface area (Å²) in [6.07, 6.45) is 1.47. The van der Waals surface area contributed by atoms with Crippen LogP contribution in [0, 0.1) is 18.3 Å². The quantitative estimate of drug-likeness (QED) is 0.842. The number of hydrogen-bond acceptors (Lipinski definition) is 5. The highest BCUT2D eigenvalue weighted by Gasteiger charge is 2.22. The van der Waals surface area contributed by atoms with Crippen LogP contribution in [0.1, 0.15) is 28.5 Å². The van der Waals surface area contributed by atoms with Gasteiger partial charge in [0.15, 0.2) is 5.69 Å². The highest BCUT2D eigenvalue weighted by atomic mass is 16.5. The predicted molar refractivity (Wildman–Crippen MR) is 85.3 cm³/mol. The Labute approximate surface area is 133 Å². The van der Waals surface area contributed by atoms with E-state index >= 15 is 0 Å². The molecule has 0 aliphatic heterocycles. The first-order valence-corrected chi connectivity index (χ1v) is 6.77. The van der Waals surface area contributed by atoms with Crippen LogP contribution >= 0.6 is 0 Å². The number of hydrogen-bond donors (Lipinski definition) is 2. The average Bonchev–Trinajstić information content (AvgIpc) is 2.84. The van der Waals surface area contributed by atoms with Gasteiger partial charge < -0.3 is 20.4 Å². The van der Waals surface area contributed by atoms with Gasteiger partial charge in [-0.25, -0.2) is 4.79 Å². The number of nitriles is 1. The summed E-state index contributed by atoms with van der Waals surface area (Å²) < 4.78 is 6.25. The molecule has 1 amide bonds. The van der Waals surface area contributed by atoms with Gasteiger partial charge in [-0.15, -0.1) is 0 Å². The zero-order valence-electron chi connectivity index (χ0n) is 13.0. The number of ether oxygens (including phenoxy) is 1. The lowest BCUT2D eigenvalue weighted by atomic mass is 10.1. The second-order valence-corrected chi connectivity index (χ2v) is 4.96. The van der Waals surface area contributed by atoms with Crippen LogP contribution in [0.25, 0.3) is 5.69 Å². The summed E-state index contributed by atoms with van der Waals surface area (Å²) in [4.78, 5) is 23.2. The Balaban J connectivity index is 2.69. The van der Waals surface area contributed by atoms with E-state index in [1.54, 1.807) is 18.2 Å². The molecular formula is C16H16N4O3. The summed E-state index contributed by atoms with van der Waals surface area (Å²) in [5, 5.41) is 11.8. The van der Waals surface area contributed by atoms with Gasteiger partial charge in [-0.05, 0) is 24.6 Å². The van der Waals surface area contributed by atoms with Crippen LogP contribution in [-0.4, -0.2) is 23.6 Å². The average molecular weight is 312 g/mol. The summed E-state index contributed by atoms with van der Waals surface area (Å²) in [5.41, 5.74) is 8.22. The lowest BCUT2D eigenvalue weighted by Crippen LogP contribution is -2.12. The third-order valence-corrected chi connectivity index (χ3v) is 3.33. The number of nitrogen functional groups attached to an aromatic ring is 1. The molecule has 118 valence electrons. The maximum atomic E-state index is 12.0. The molecule has 7 nitrogen and oxygen atoms in total. The van der Waals surface area contributed by atoms with E-state index in [1.807, 2.05) is 13.0 Å². The molecular weight excluding hydrogens is 296 g/mol. The molecule has 23 heavy (non-hydrogen) atoms. The maximum Gasteiger partial charge on any atom is 0.357 e. The van der Waals surface area contributed by atoms with Gasteiger partial charge in [0.25, 0.3) is 0 Å². The minimum Gasteiger partial charge on any atom is -0.464 e. The topological polar surface area (TPSA) is 110 Å². The van der Waals surface area contributed by atoms with E-state index in [0.29, 0.717) is 11.4 Å². The van der Waals surface area contributed by atoms with Crippen molar-refractivity contribution >= 4 is 23.3 Å². The molecule has 3 N–H and O–H groups in total. The summed E-state index contributed by atoms with van der Waals surface area (Å²) in [6, 6.07) is 7.19. The molecule has 0 saturated heterocycles. The lowest BCUT2D eigenvalue weighted by Gasteiger charge is -2.13. The minimum atomic E-state index is -0.645. The molecule has 0 aliphatic rings. The first-order chi connectivity index (χ1) is 10.9. The van der Waals surface area contributed by atoms with Gasteiger partial charge in [-0.3, -0.25) is 4.79 Å². The van der Waals surface area contributed by atoms with Gasteiger partial charge in [0.1, 0.15) is 6.07 Å². The van der Waals surface area contributed by atoms with E-state index in [-0.39, 0.29) is 22.9 Å². The Hall–Kier alpha value is -3.27. The van der Waals surface area contributed by atoms with Crippen molar-refractivity contribution in [1.82, 2.24) is 4.57 Å². The molecule has 7 heteroatoms. The normalized spacial score (nSPS) is 10.0. The van der Waals surface area contributed by atoms with Crippen molar-refractivity contribution in [1.29, 1.82) is 5.26 Å². The molecule has 2 aromatic rings. The van der Waals surface area contributed by atoms with Gasteiger partial charge >= 0.3 is 5.97 Å². The summed E-state index contributed by atoms with van der Waals surface area (Å²) in [6.45, 7) is 3.25. The van der Waals surface area contributed by atoms with Crippen molar-refractivity contribution in [3.05, 3.63) is 41.2 Å². The van der Waals surface area contributed by atoms with Crippen molar-refractivity contribution < 1.29 is 14.3 Å². The summed E-state index contributed by atoms with van der Waals surface area (Å²) in [7, 11) is 1.24. The van der Waals surface area contributed by atoms with Crippen molar-refractivity contribution in [3.63, 3.8) is 0 Å². The number of aromatic nitrogens is 1. The SMILES string of the molecule is COC(=O)c1c(N)c(C#N)cn1-c1cc(NC(C)=O)ccc1C. The molecule has 0 aliphatic carbocycles. The molecule has 2 rings (SSSR count). The fourth-order valence-corrected chi connectivity index (χ4v) is 2.25. The first-order valence-electron chi connectivity index (χ1n) is 6.77. The Morgan fingerprint density at radius 1 is 1.39 bits per heavy atom. The van der Waals surface area contributed by atoms with Crippen LogP contribution in [-0.2, 0) is 9.53 Å². The third kappa shape index (κ3) is 3.01. The highest BCUT2D eigenvalue weighted by molar-refractivity contribution is 5.96. The van der Waals surface area contributed by atoms with Gasteiger partial charge in [0, 0.05) is 18.8 Å². The number of rotatable bonds is 3. The summed E-state index contributed by atoms with van der Waals surface area (Å²) >= 11 is 0. The Bertz CT molecular complexity index is 831. The number of amides is 1. The van der Waals surface area contributed by atoms with Gasteiger partial charge in [0.05, 0.1) is 24.0 Å². The molecule has 0 unspecified atom stereocenters. The fraction of sp³-hybridized carbons (Fsp3) is 0.188. The van der Waals surface area contributed by atoms with E-state index in [2.05, 4.69) is 5.32 Å². The number of esters is 1. The van der Waals surface area contributed by atoms with E-state index in [4.69, 9.17) is 15.7 Å². The van der Waals surface area contributed by atoms with Gasteiger partial charge in [0.2, 0.25) is 5.91 Å². The molecule has 0 atom stereocenters. The fourth-order valence-electron chi connectivity index (χ4n) is 2.25. The van der Waals surface area contributed by atoms with Crippen molar-refractivity contribution in [2.45, 2.75) is 13.8 Å². The van der Waals surface area contributed by atoms with Crippen molar-refractivity contribution in [3.8, 4) is 11.8 Å². The number of anilines is 2. The number of nitrogens with two attached hydrogens (primary N) is 1. The predicted octanol–water partition coefficient (Wildman–Crippen LogP) is 1.98. The van der Waals surface area contributed by atoms with Crippen LogP contribution < -0.4 is 11.1 Å². The smallest absolute Gasteiger partial charge is 0.357 e. The van der Waals surface area contributed by atoms with Crippen LogP contribution in [0.4, 0.5) is 11.4 Å². The number of carbonyl (C=O) groups excluding carboxylic acids is 2. The van der Waals surface area contributed by atoms with E-state index in [0.717, 1.165) is 5.56 Å². The Morgan fingerprint density at radius 2 is 2.09 bits per heavy atom. The molecule has 0 bridgehead atoms. The first kappa shape index (κ1) is 16.1. The molecule has 1 heterocycles.